The maximum Gasteiger partial charge on any atom is 0.147 e. The van der Waals surface area contributed by atoms with Crippen molar-refractivity contribution in [2.75, 3.05) is 6.61 Å². The Morgan fingerprint density at radius 3 is 3.00 bits per heavy atom. The standard InChI is InChI=1S/C15H14ClN3O3S/c16-8-5-19(12-4-9(21)10(6-20)22-12)15-13(8)14(17-7-18-15)11-2-1-3-23-11/h1-3,5,7,9-10,12,20-21H,4,6H2/t9-,10+,12+/m0/s1. The van der Waals surface area contributed by atoms with Gasteiger partial charge in [-0.25, -0.2) is 9.97 Å². The monoisotopic (exact) mass is 351 g/mol. The normalized spacial score (nSPS) is 24.6. The van der Waals surface area contributed by atoms with E-state index in [1.807, 2.05) is 17.5 Å². The predicted octanol–water partition coefficient (Wildman–Crippen LogP) is 2.45. The molecule has 0 radical (unpaired) electrons. The predicted molar refractivity (Wildman–Crippen MR) is 87.5 cm³/mol. The Morgan fingerprint density at radius 1 is 1.43 bits per heavy atom. The highest BCUT2D eigenvalue weighted by molar-refractivity contribution is 7.13. The minimum Gasteiger partial charge on any atom is -0.394 e. The lowest BCUT2D eigenvalue weighted by Crippen LogP contribution is -2.24. The molecule has 4 rings (SSSR count). The quantitative estimate of drug-likeness (QED) is 0.757. The molecule has 1 fully saturated rings. The summed E-state index contributed by atoms with van der Waals surface area (Å²) in [6.45, 7) is -0.222. The van der Waals surface area contributed by atoms with Crippen LogP contribution >= 0.6 is 22.9 Å². The summed E-state index contributed by atoms with van der Waals surface area (Å²) in [4.78, 5) is 9.72. The van der Waals surface area contributed by atoms with Crippen LogP contribution in [0.1, 0.15) is 12.6 Å². The van der Waals surface area contributed by atoms with E-state index in [4.69, 9.17) is 16.3 Å². The largest absolute Gasteiger partial charge is 0.394 e. The molecule has 0 aliphatic carbocycles. The van der Waals surface area contributed by atoms with Gasteiger partial charge in [-0.2, -0.15) is 0 Å². The molecule has 4 heterocycles. The van der Waals surface area contributed by atoms with E-state index in [-0.39, 0.29) is 6.61 Å². The fourth-order valence-electron chi connectivity index (χ4n) is 2.91. The first-order chi connectivity index (χ1) is 11.2. The van der Waals surface area contributed by atoms with Crippen molar-refractivity contribution >= 4 is 34.0 Å². The smallest absolute Gasteiger partial charge is 0.147 e. The molecule has 0 aromatic carbocycles. The van der Waals surface area contributed by atoms with Crippen LogP contribution in [0.25, 0.3) is 21.6 Å². The van der Waals surface area contributed by atoms with Gasteiger partial charge < -0.3 is 19.5 Å². The van der Waals surface area contributed by atoms with Gasteiger partial charge in [0, 0.05) is 12.6 Å². The molecule has 2 N–H and O–H groups in total. The molecular formula is C15H14ClN3O3S. The van der Waals surface area contributed by atoms with Gasteiger partial charge in [0.25, 0.3) is 0 Å². The third-order valence-corrected chi connectivity index (χ3v) is 5.18. The van der Waals surface area contributed by atoms with E-state index in [0.29, 0.717) is 17.1 Å². The molecule has 6 nitrogen and oxygen atoms in total. The van der Waals surface area contributed by atoms with Crippen LogP contribution in [-0.2, 0) is 4.74 Å². The highest BCUT2D eigenvalue weighted by Gasteiger charge is 2.35. The Hall–Kier alpha value is -1.51. The van der Waals surface area contributed by atoms with Gasteiger partial charge >= 0.3 is 0 Å². The molecule has 23 heavy (non-hydrogen) atoms. The lowest BCUT2D eigenvalue weighted by Gasteiger charge is -2.14. The van der Waals surface area contributed by atoms with E-state index in [2.05, 4.69) is 9.97 Å². The Bertz CT molecular complexity index is 836. The molecule has 0 amide bonds. The second kappa shape index (κ2) is 5.85. The van der Waals surface area contributed by atoms with Crippen molar-refractivity contribution in [2.45, 2.75) is 24.9 Å². The first-order valence-corrected chi connectivity index (χ1v) is 8.44. The second-order valence-electron chi connectivity index (χ2n) is 5.40. The molecule has 3 aromatic rings. The molecule has 1 saturated heterocycles. The second-order valence-corrected chi connectivity index (χ2v) is 6.75. The molecule has 0 saturated carbocycles. The minimum atomic E-state index is -0.708. The number of hydrogen-bond donors (Lipinski definition) is 2. The summed E-state index contributed by atoms with van der Waals surface area (Å²) in [5.41, 5.74) is 1.44. The van der Waals surface area contributed by atoms with Gasteiger partial charge in [-0.05, 0) is 11.4 Å². The first-order valence-electron chi connectivity index (χ1n) is 7.18. The van der Waals surface area contributed by atoms with Gasteiger partial charge in [0.1, 0.15) is 24.3 Å². The number of rotatable bonds is 3. The fourth-order valence-corrected chi connectivity index (χ4v) is 3.92. The summed E-state index contributed by atoms with van der Waals surface area (Å²) < 4.78 is 7.51. The van der Waals surface area contributed by atoms with E-state index < -0.39 is 18.4 Å². The number of aliphatic hydroxyl groups excluding tert-OH is 2. The van der Waals surface area contributed by atoms with Crippen molar-refractivity contribution in [3.63, 3.8) is 0 Å². The van der Waals surface area contributed by atoms with Crippen LogP contribution in [0.2, 0.25) is 5.02 Å². The number of aliphatic hydroxyl groups is 2. The zero-order valence-electron chi connectivity index (χ0n) is 12.0. The van der Waals surface area contributed by atoms with Crippen LogP contribution in [0.3, 0.4) is 0 Å². The van der Waals surface area contributed by atoms with Gasteiger partial charge in [-0.1, -0.05) is 17.7 Å². The van der Waals surface area contributed by atoms with E-state index in [0.717, 1.165) is 16.0 Å². The first kappa shape index (κ1) is 15.0. The highest BCUT2D eigenvalue weighted by atomic mass is 35.5. The van der Waals surface area contributed by atoms with Crippen molar-refractivity contribution in [1.29, 1.82) is 0 Å². The van der Waals surface area contributed by atoms with E-state index in [1.54, 1.807) is 22.1 Å². The molecule has 0 unspecified atom stereocenters. The van der Waals surface area contributed by atoms with Crippen molar-refractivity contribution < 1.29 is 14.9 Å². The lowest BCUT2D eigenvalue weighted by atomic mass is 10.2. The van der Waals surface area contributed by atoms with Gasteiger partial charge in [0.2, 0.25) is 0 Å². The Balaban J connectivity index is 1.83. The number of halogens is 1. The Morgan fingerprint density at radius 2 is 2.30 bits per heavy atom. The van der Waals surface area contributed by atoms with Gasteiger partial charge in [-0.3, -0.25) is 0 Å². The maximum atomic E-state index is 9.94. The summed E-state index contributed by atoms with van der Waals surface area (Å²) in [7, 11) is 0. The van der Waals surface area contributed by atoms with Gasteiger partial charge in [0.05, 0.1) is 33.7 Å². The average Bonchev–Trinajstić information content (AvgIpc) is 3.26. The van der Waals surface area contributed by atoms with Crippen LogP contribution in [0, 0.1) is 0 Å². The number of aromatic nitrogens is 3. The van der Waals surface area contributed by atoms with Crippen molar-refractivity contribution in [3.8, 4) is 10.6 Å². The Kier molecular flexibility index (Phi) is 3.82. The molecule has 0 spiro atoms. The zero-order chi connectivity index (χ0) is 16.0. The third-order valence-electron chi connectivity index (χ3n) is 4.01. The lowest BCUT2D eigenvalue weighted by molar-refractivity contribution is -0.0430. The van der Waals surface area contributed by atoms with Crippen LogP contribution in [0.15, 0.2) is 30.0 Å². The number of thiophene rings is 1. The average molecular weight is 352 g/mol. The van der Waals surface area contributed by atoms with Gasteiger partial charge in [-0.15, -0.1) is 11.3 Å². The summed E-state index contributed by atoms with van der Waals surface area (Å²) in [6.07, 6.45) is 1.91. The van der Waals surface area contributed by atoms with E-state index in [1.165, 1.54) is 6.33 Å². The third kappa shape index (κ3) is 2.45. The molecule has 3 aromatic heterocycles. The summed E-state index contributed by atoms with van der Waals surface area (Å²) in [5, 5.41) is 22.5. The molecule has 1 aliphatic heterocycles. The summed E-state index contributed by atoms with van der Waals surface area (Å²) in [5.74, 6) is 0. The van der Waals surface area contributed by atoms with Crippen molar-refractivity contribution in [3.05, 3.63) is 35.1 Å². The maximum absolute atomic E-state index is 9.94. The molecule has 0 bridgehead atoms. The molecule has 3 atom stereocenters. The minimum absolute atomic E-state index is 0.222. The number of fused-ring (bicyclic) bond motifs is 1. The molecule has 1 aliphatic rings. The van der Waals surface area contributed by atoms with E-state index >= 15 is 0 Å². The topological polar surface area (TPSA) is 80.4 Å². The van der Waals surface area contributed by atoms with Crippen LogP contribution < -0.4 is 0 Å². The van der Waals surface area contributed by atoms with Crippen LogP contribution in [0.5, 0.6) is 0 Å². The van der Waals surface area contributed by atoms with Gasteiger partial charge in [0.15, 0.2) is 0 Å². The van der Waals surface area contributed by atoms with Crippen molar-refractivity contribution in [1.82, 2.24) is 14.5 Å². The highest BCUT2D eigenvalue weighted by Crippen LogP contribution is 2.38. The Labute approximate surface area is 140 Å². The SMILES string of the molecule is OC[C@H]1O[C@@H](n2cc(Cl)c3c(-c4cccs4)ncnc32)C[C@@H]1O. The molecule has 120 valence electrons. The molecule has 8 heteroatoms. The van der Waals surface area contributed by atoms with Crippen LogP contribution in [0.4, 0.5) is 0 Å². The summed E-state index contributed by atoms with van der Waals surface area (Å²) >= 11 is 8.00. The van der Waals surface area contributed by atoms with E-state index in [9.17, 15) is 10.2 Å². The van der Waals surface area contributed by atoms with Crippen LogP contribution in [-0.4, -0.2) is 43.6 Å². The fraction of sp³-hybridized carbons (Fsp3) is 0.333. The number of hydrogen-bond acceptors (Lipinski definition) is 6. The number of ether oxygens (including phenoxy) is 1. The number of nitrogens with zero attached hydrogens (tertiary/aromatic N) is 3. The molecular weight excluding hydrogens is 338 g/mol. The van der Waals surface area contributed by atoms with Crippen molar-refractivity contribution in [2.24, 2.45) is 0 Å². The zero-order valence-corrected chi connectivity index (χ0v) is 13.5. The summed E-state index contributed by atoms with van der Waals surface area (Å²) in [6, 6.07) is 3.94.